The first-order valence-corrected chi connectivity index (χ1v) is 5.13. The van der Waals surface area contributed by atoms with Crippen molar-refractivity contribution in [2.45, 2.75) is 26.3 Å². The molecule has 0 aliphatic rings. The van der Waals surface area contributed by atoms with Crippen LogP contribution in [0.1, 0.15) is 25.5 Å². The number of hydrogen-bond acceptors (Lipinski definition) is 1. The van der Waals surface area contributed by atoms with Crippen molar-refractivity contribution in [1.82, 2.24) is 0 Å². The van der Waals surface area contributed by atoms with Gasteiger partial charge < -0.3 is 29.1 Å². The third kappa shape index (κ3) is 5.25. The molecular formula is C12H16INO2. The monoisotopic (exact) mass is 333 g/mol. The molecule has 3 nitrogen and oxygen atoms in total. The van der Waals surface area contributed by atoms with E-state index in [0.29, 0.717) is 0 Å². The van der Waals surface area contributed by atoms with Crippen LogP contribution < -0.4 is 28.5 Å². The van der Waals surface area contributed by atoms with Gasteiger partial charge in [0.05, 0.1) is 0 Å². The molecule has 0 bridgehead atoms. The van der Waals surface area contributed by atoms with Crippen LogP contribution in [0.25, 0.3) is 6.08 Å². The maximum Gasteiger partial charge on any atom is 0.328 e. The van der Waals surface area contributed by atoms with E-state index in [2.05, 4.69) is 11.5 Å². The molecular weight excluding hydrogens is 317 g/mol. The van der Waals surface area contributed by atoms with Crippen LogP contribution in [-0.4, -0.2) is 11.1 Å². The molecule has 88 valence electrons. The second-order valence-electron chi connectivity index (χ2n) is 3.34. The van der Waals surface area contributed by atoms with Gasteiger partial charge in [-0.15, -0.1) is 0 Å². The first-order valence-electron chi connectivity index (χ1n) is 5.13. The van der Waals surface area contributed by atoms with Gasteiger partial charge in [-0.25, -0.2) is 4.79 Å². The first-order chi connectivity index (χ1) is 7.24. The maximum absolute atomic E-state index is 10.4. The van der Waals surface area contributed by atoms with E-state index in [9.17, 15) is 4.79 Å². The Bertz CT molecular complexity index is 364. The summed E-state index contributed by atoms with van der Waals surface area (Å²) in [6, 6.07) is 5.77. The van der Waals surface area contributed by atoms with Gasteiger partial charge in [-0.3, -0.25) is 0 Å². The minimum Gasteiger partial charge on any atom is -1.00 e. The minimum absolute atomic E-state index is 0. The predicted octanol–water partition coefficient (Wildman–Crippen LogP) is -1.12. The van der Waals surface area contributed by atoms with Crippen LogP contribution in [0, 0.1) is 0 Å². The van der Waals surface area contributed by atoms with Crippen LogP contribution >= 0.6 is 0 Å². The fourth-order valence-corrected chi connectivity index (χ4v) is 1.33. The van der Waals surface area contributed by atoms with Crippen LogP contribution in [0.5, 0.6) is 0 Å². The number of aliphatic carboxylic acids is 1. The summed E-state index contributed by atoms with van der Waals surface area (Å²) in [5.41, 5.74) is 0.924. The Morgan fingerprint density at radius 1 is 1.50 bits per heavy atom. The van der Waals surface area contributed by atoms with Crippen molar-refractivity contribution in [3.63, 3.8) is 0 Å². The second-order valence-corrected chi connectivity index (χ2v) is 3.34. The number of unbranched alkanes of at least 4 members (excludes halogenated alkanes) is 1. The van der Waals surface area contributed by atoms with Crippen LogP contribution in [-0.2, 0) is 11.3 Å². The van der Waals surface area contributed by atoms with Crippen LogP contribution in [0.3, 0.4) is 0 Å². The van der Waals surface area contributed by atoms with E-state index in [1.165, 1.54) is 0 Å². The molecule has 0 radical (unpaired) electrons. The fourth-order valence-electron chi connectivity index (χ4n) is 1.33. The number of carboxylic acids is 1. The summed E-state index contributed by atoms with van der Waals surface area (Å²) in [6.07, 6.45) is 6.99. The molecule has 0 atom stereocenters. The van der Waals surface area contributed by atoms with E-state index in [0.717, 1.165) is 31.2 Å². The lowest BCUT2D eigenvalue weighted by Gasteiger charge is -1.98. The minimum atomic E-state index is -0.916. The van der Waals surface area contributed by atoms with Crippen LogP contribution in [0.4, 0.5) is 0 Å². The number of pyridine rings is 1. The van der Waals surface area contributed by atoms with Gasteiger partial charge in [0.25, 0.3) is 0 Å². The third-order valence-electron chi connectivity index (χ3n) is 2.12. The summed E-state index contributed by atoms with van der Waals surface area (Å²) in [5, 5.41) is 8.55. The average molecular weight is 333 g/mol. The second kappa shape index (κ2) is 8.27. The Morgan fingerprint density at radius 2 is 2.25 bits per heavy atom. The highest BCUT2D eigenvalue weighted by molar-refractivity contribution is 5.84. The highest BCUT2D eigenvalue weighted by Gasteiger charge is 2.05. The summed E-state index contributed by atoms with van der Waals surface area (Å²) >= 11 is 0. The van der Waals surface area contributed by atoms with Crippen LogP contribution in [0.2, 0.25) is 0 Å². The molecule has 1 N–H and O–H groups in total. The van der Waals surface area contributed by atoms with Crippen molar-refractivity contribution in [2.75, 3.05) is 0 Å². The zero-order valence-electron chi connectivity index (χ0n) is 9.27. The SMILES string of the molecule is CCCC[n+]1ccccc1/C=C/C(=O)O.[I-]. The summed E-state index contributed by atoms with van der Waals surface area (Å²) in [5.74, 6) is -0.916. The third-order valence-corrected chi connectivity index (χ3v) is 2.12. The van der Waals surface area contributed by atoms with Crippen LogP contribution in [0.15, 0.2) is 30.5 Å². The molecule has 1 aromatic heterocycles. The van der Waals surface area contributed by atoms with E-state index in [-0.39, 0.29) is 24.0 Å². The van der Waals surface area contributed by atoms with Crippen molar-refractivity contribution >= 4 is 12.0 Å². The van der Waals surface area contributed by atoms with E-state index >= 15 is 0 Å². The van der Waals surface area contributed by atoms with E-state index in [1.54, 1.807) is 6.08 Å². The topological polar surface area (TPSA) is 41.2 Å². The van der Waals surface area contributed by atoms with Gasteiger partial charge in [-0.1, -0.05) is 13.3 Å². The summed E-state index contributed by atoms with van der Waals surface area (Å²) in [6.45, 7) is 3.06. The maximum atomic E-state index is 10.4. The van der Waals surface area contributed by atoms with Gasteiger partial charge in [0.15, 0.2) is 6.20 Å². The van der Waals surface area contributed by atoms with E-state index in [1.807, 2.05) is 24.4 Å². The predicted molar refractivity (Wildman–Crippen MR) is 58.2 cm³/mol. The van der Waals surface area contributed by atoms with Crippen molar-refractivity contribution in [3.05, 3.63) is 36.2 Å². The van der Waals surface area contributed by atoms with Gasteiger partial charge in [-0.05, 0) is 6.07 Å². The molecule has 0 fully saturated rings. The number of rotatable bonds is 5. The summed E-state index contributed by atoms with van der Waals surface area (Å²) in [4.78, 5) is 10.4. The Morgan fingerprint density at radius 3 is 2.88 bits per heavy atom. The largest absolute Gasteiger partial charge is 1.00 e. The molecule has 0 amide bonds. The first kappa shape index (κ1) is 15.1. The number of carboxylic acid groups (broad SMARTS) is 1. The summed E-state index contributed by atoms with van der Waals surface area (Å²) in [7, 11) is 0. The molecule has 0 saturated carbocycles. The lowest BCUT2D eigenvalue weighted by molar-refractivity contribution is -0.699. The molecule has 1 heterocycles. The number of carbonyl (C=O) groups is 1. The molecule has 16 heavy (non-hydrogen) atoms. The number of aryl methyl sites for hydroxylation is 1. The van der Waals surface area contributed by atoms with Gasteiger partial charge in [-0.2, -0.15) is 4.57 Å². The Labute approximate surface area is 113 Å². The van der Waals surface area contributed by atoms with Crippen molar-refractivity contribution in [1.29, 1.82) is 0 Å². The van der Waals surface area contributed by atoms with Gasteiger partial charge in [0.2, 0.25) is 5.69 Å². The quantitative estimate of drug-likeness (QED) is 0.421. The molecule has 0 aliphatic carbocycles. The molecule has 0 aliphatic heterocycles. The zero-order chi connectivity index (χ0) is 11.1. The number of hydrogen-bond donors (Lipinski definition) is 1. The average Bonchev–Trinajstić information content (AvgIpc) is 2.24. The van der Waals surface area contributed by atoms with Gasteiger partial charge >= 0.3 is 5.97 Å². The Kier molecular flexibility index (Phi) is 7.80. The molecule has 1 aromatic rings. The van der Waals surface area contributed by atoms with Gasteiger partial charge in [0, 0.05) is 30.7 Å². The lowest BCUT2D eigenvalue weighted by Crippen LogP contribution is -3.00. The lowest BCUT2D eigenvalue weighted by atomic mass is 10.2. The molecule has 0 saturated heterocycles. The fraction of sp³-hybridized carbons (Fsp3) is 0.333. The standard InChI is InChI=1S/C12H15NO2.HI/c1-2-3-9-13-10-5-4-6-11(13)7-8-12(14)15;/h4-8,10H,2-3,9H2,1H3;1H/b8-7+;. The number of nitrogens with zero attached hydrogens (tertiary/aromatic N) is 1. The van der Waals surface area contributed by atoms with Crippen molar-refractivity contribution in [2.24, 2.45) is 0 Å². The molecule has 4 heteroatoms. The highest BCUT2D eigenvalue weighted by Crippen LogP contribution is 1.96. The highest BCUT2D eigenvalue weighted by atomic mass is 127. The Hall–Kier alpha value is -0.910. The molecule has 1 rings (SSSR count). The molecule has 0 spiro atoms. The molecule has 0 aromatic carbocycles. The summed E-state index contributed by atoms with van der Waals surface area (Å²) < 4.78 is 2.06. The zero-order valence-corrected chi connectivity index (χ0v) is 11.4. The van der Waals surface area contributed by atoms with E-state index in [4.69, 9.17) is 5.11 Å². The smallest absolute Gasteiger partial charge is 0.328 e. The Balaban J connectivity index is 0.00000225. The van der Waals surface area contributed by atoms with E-state index < -0.39 is 5.97 Å². The van der Waals surface area contributed by atoms with Gasteiger partial charge in [0.1, 0.15) is 6.54 Å². The van der Waals surface area contributed by atoms with Crippen molar-refractivity contribution < 1.29 is 38.4 Å². The molecule has 0 unspecified atom stereocenters. The normalized spacial score (nSPS) is 10.1. The number of halogens is 1. The number of aromatic nitrogens is 1. The van der Waals surface area contributed by atoms with Crippen molar-refractivity contribution in [3.8, 4) is 0 Å².